The van der Waals surface area contributed by atoms with Crippen molar-refractivity contribution in [2.24, 2.45) is 5.92 Å². The average Bonchev–Trinajstić information content (AvgIpc) is 3.21. The number of sulfone groups is 1. The minimum atomic E-state index is -3.59. The molecule has 5 rings (SSSR count). The van der Waals surface area contributed by atoms with Gasteiger partial charge in [-0.2, -0.15) is 0 Å². The Hall–Kier alpha value is -3.82. The number of alkyl halides is 1. The molecule has 1 aliphatic heterocycles. The number of anilines is 1. The van der Waals surface area contributed by atoms with Crippen molar-refractivity contribution in [2.75, 3.05) is 11.7 Å². The molecule has 6 nitrogen and oxygen atoms in total. The maximum absolute atomic E-state index is 15.6. The monoisotopic (exact) mass is 536 g/mol. The van der Waals surface area contributed by atoms with Gasteiger partial charge in [-0.1, -0.05) is 42.8 Å². The highest BCUT2D eigenvalue weighted by molar-refractivity contribution is 7.90. The van der Waals surface area contributed by atoms with Crippen LogP contribution in [0, 0.1) is 11.7 Å². The summed E-state index contributed by atoms with van der Waals surface area (Å²) >= 11 is 0. The van der Waals surface area contributed by atoms with Crippen LogP contribution in [-0.2, 0) is 14.6 Å². The van der Waals surface area contributed by atoms with Crippen LogP contribution in [0.3, 0.4) is 0 Å². The van der Waals surface area contributed by atoms with Gasteiger partial charge in [0, 0.05) is 23.5 Å². The van der Waals surface area contributed by atoms with Crippen molar-refractivity contribution >= 4 is 38.7 Å². The first-order chi connectivity index (χ1) is 18.1. The second-order valence-corrected chi connectivity index (χ2v) is 11.6. The minimum Gasteiger partial charge on any atom is -0.478 e. The predicted octanol–water partition coefficient (Wildman–Crippen LogP) is 5.98. The van der Waals surface area contributed by atoms with Crippen LogP contribution in [0.4, 0.5) is 14.5 Å². The van der Waals surface area contributed by atoms with E-state index in [1.165, 1.54) is 18.2 Å². The third-order valence-corrected chi connectivity index (χ3v) is 8.12. The number of halogens is 2. The van der Waals surface area contributed by atoms with Gasteiger partial charge in [0.1, 0.15) is 5.82 Å². The predicted molar refractivity (Wildman–Crippen MR) is 143 cm³/mol. The van der Waals surface area contributed by atoms with E-state index in [1.807, 2.05) is 18.2 Å². The van der Waals surface area contributed by atoms with E-state index in [9.17, 15) is 17.6 Å². The van der Waals surface area contributed by atoms with E-state index in [0.29, 0.717) is 27.9 Å². The Morgan fingerprint density at radius 2 is 1.74 bits per heavy atom. The number of hydrogen-bond donors (Lipinski definition) is 3. The minimum absolute atomic E-state index is 0.0286. The number of allylic oxidation sites excluding steroid dienone is 1. The summed E-state index contributed by atoms with van der Waals surface area (Å²) in [4.78, 5) is 10.8. The molecule has 0 saturated heterocycles. The summed E-state index contributed by atoms with van der Waals surface area (Å²) < 4.78 is 54.3. The fraction of sp³-hybridized carbons (Fsp3) is 0.207. The molecular formula is C29H26F2N2O4S. The lowest BCUT2D eigenvalue weighted by molar-refractivity contribution is -0.131. The molecular weight excluding hydrogens is 510 g/mol. The van der Waals surface area contributed by atoms with Gasteiger partial charge in [-0.05, 0) is 76.9 Å². The van der Waals surface area contributed by atoms with Crippen molar-refractivity contribution in [3.8, 4) is 0 Å². The van der Waals surface area contributed by atoms with Gasteiger partial charge in [0.15, 0.2) is 16.1 Å². The van der Waals surface area contributed by atoms with Gasteiger partial charge >= 0.3 is 5.97 Å². The van der Waals surface area contributed by atoms with E-state index in [0.717, 1.165) is 54.4 Å². The van der Waals surface area contributed by atoms with Crippen molar-refractivity contribution in [3.05, 3.63) is 100 Å². The summed E-state index contributed by atoms with van der Waals surface area (Å²) in [6.07, 6.45) is 4.81. The van der Waals surface area contributed by atoms with Crippen LogP contribution in [0.25, 0.3) is 17.2 Å². The highest BCUT2D eigenvalue weighted by Crippen LogP contribution is 2.46. The third-order valence-electron chi connectivity index (χ3n) is 7.01. The van der Waals surface area contributed by atoms with E-state index < -0.39 is 27.9 Å². The van der Waals surface area contributed by atoms with Gasteiger partial charge in [0.05, 0.1) is 10.6 Å². The van der Waals surface area contributed by atoms with Crippen LogP contribution in [0.15, 0.2) is 71.6 Å². The zero-order valence-electron chi connectivity index (χ0n) is 20.5. The van der Waals surface area contributed by atoms with E-state index >= 15 is 4.39 Å². The summed E-state index contributed by atoms with van der Waals surface area (Å²) in [6, 6.07) is 16.5. The average molecular weight is 537 g/mol. The largest absolute Gasteiger partial charge is 0.478 e. The maximum atomic E-state index is 15.6. The van der Waals surface area contributed by atoms with E-state index in [4.69, 9.17) is 5.11 Å². The maximum Gasteiger partial charge on any atom is 0.328 e. The molecule has 3 aromatic rings. The Bertz CT molecular complexity index is 1580. The van der Waals surface area contributed by atoms with Gasteiger partial charge in [-0.3, -0.25) is 0 Å². The Balaban J connectivity index is 1.75. The zero-order chi connectivity index (χ0) is 27.0. The van der Waals surface area contributed by atoms with Crippen LogP contribution >= 0.6 is 0 Å². The lowest BCUT2D eigenvalue weighted by atomic mass is 9.73. The Morgan fingerprint density at radius 3 is 2.34 bits per heavy atom. The number of carboxylic acids is 1. The fourth-order valence-corrected chi connectivity index (χ4v) is 5.50. The molecule has 1 atom stereocenters. The first-order valence-corrected chi connectivity index (χ1v) is 14.1. The Kier molecular flexibility index (Phi) is 6.90. The van der Waals surface area contributed by atoms with E-state index in [2.05, 4.69) is 10.9 Å². The summed E-state index contributed by atoms with van der Waals surface area (Å²) in [5.41, 5.74) is 10.3. The van der Waals surface area contributed by atoms with Crippen molar-refractivity contribution in [1.29, 1.82) is 0 Å². The summed E-state index contributed by atoms with van der Waals surface area (Å²) in [5, 5.41) is 8.95. The van der Waals surface area contributed by atoms with Crippen molar-refractivity contribution in [3.63, 3.8) is 0 Å². The standard InChI is InChI=1S/C29H26F2N2O4S/c1-38(36,37)21-11-12-22(24(30)16-21)28(18-3-2-4-18)27(19-8-5-17(6-9-19)7-14-26(34)35)20-10-13-25-23(15-20)29(31)33-32-25/h5-16,18,29,32-33H,2-4H2,1H3,(H,34,35)/b14-7+,28-27+. The smallest absolute Gasteiger partial charge is 0.328 e. The molecule has 1 unspecified atom stereocenters. The number of hydrazine groups is 1. The lowest BCUT2D eigenvalue weighted by Crippen LogP contribution is -2.16. The second kappa shape index (κ2) is 10.2. The molecule has 0 spiro atoms. The second-order valence-electron chi connectivity index (χ2n) is 9.56. The SMILES string of the molecule is CS(=O)(=O)c1ccc(/C(=C(\c2ccc(/C=C/C(=O)O)cc2)c2ccc3c(c2)C(F)NN3)C2CCC2)c(F)c1. The van der Waals surface area contributed by atoms with Crippen molar-refractivity contribution in [2.45, 2.75) is 30.5 Å². The third kappa shape index (κ3) is 5.12. The number of fused-ring (bicyclic) bond motifs is 1. The number of aliphatic carboxylic acids is 1. The molecule has 3 aromatic carbocycles. The van der Waals surface area contributed by atoms with Gasteiger partial charge in [-0.15, -0.1) is 0 Å². The molecule has 2 aliphatic rings. The zero-order valence-corrected chi connectivity index (χ0v) is 21.4. The lowest BCUT2D eigenvalue weighted by Gasteiger charge is -2.32. The molecule has 196 valence electrons. The first-order valence-electron chi connectivity index (χ1n) is 12.2. The molecule has 9 heteroatoms. The highest BCUT2D eigenvalue weighted by Gasteiger charge is 2.30. The van der Waals surface area contributed by atoms with Crippen LogP contribution in [0.2, 0.25) is 0 Å². The van der Waals surface area contributed by atoms with Crippen LogP contribution in [-0.4, -0.2) is 25.7 Å². The van der Waals surface area contributed by atoms with Gasteiger partial charge in [-0.25, -0.2) is 27.4 Å². The van der Waals surface area contributed by atoms with Crippen LogP contribution in [0.1, 0.15) is 53.4 Å². The van der Waals surface area contributed by atoms with Crippen LogP contribution in [0.5, 0.6) is 0 Å². The summed E-state index contributed by atoms with van der Waals surface area (Å²) in [5.74, 6) is -1.67. The normalized spacial score (nSPS) is 18.0. The molecule has 0 bridgehead atoms. The van der Waals surface area contributed by atoms with Gasteiger partial charge in [0.2, 0.25) is 0 Å². The molecule has 3 N–H and O–H groups in total. The van der Waals surface area contributed by atoms with Gasteiger partial charge in [0.25, 0.3) is 0 Å². The Labute approximate surface area is 219 Å². The fourth-order valence-electron chi connectivity index (χ4n) is 4.87. The molecule has 1 aliphatic carbocycles. The topological polar surface area (TPSA) is 95.5 Å². The van der Waals surface area contributed by atoms with E-state index in [1.54, 1.807) is 24.3 Å². The Morgan fingerprint density at radius 1 is 1.03 bits per heavy atom. The summed E-state index contributed by atoms with van der Waals surface area (Å²) in [6.45, 7) is 0. The summed E-state index contributed by atoms with van der Waals surface area (Å²) in [7, 11) is -3.59. The number of benzene rings is 3. The quantitative estimate of drug-likeness (QED) is 0.195. The number of carbonyl (C=O) groups is 1. The molecule has 0 amide bonds. The molecule has 38 heavy (non-hydrogen) atoms. The highest BCUT2D eigenvalue weighted by atomic mass is 32.2. The molecule has 1 fully saturated rings. The number of carboxylic acid groups (broad SMARTS) is 1. The molecule has 1 heterocycles. The molecule has 0 aromatic heterocycles. The first kappa shape index (κ1) is 25.8. The number of rotatable bonds is 7. The van der Waals surface area contributed by atoms with Crippen LogP contribution < -0.4 is 10.9 Å². The van der Waals surface area contributed by atoms with Gasteiger partial charge < -0.3 is 10.5 Å². The molecule has 0 radical (unpaired) electrons. The molecule has 1 saturated carbocycles. The van der Waals surface area contributed by atoms with E-state index in [-0.39, 0.29) is 10.8 Å². The number of nitrogens with one attached hydrogen (secondary N) is 2. The van der Waals surface area contributed by atoms with Crippen molar-refractivity contribution in [1.82, 2.24) is 5.43 Å². The van der Waals surface area contributed by atoms with Crippen molar-refractivity contribution < 1.29 is 27.1 Å². The number of hydrogen-bond acceptors (Lipinski definition) is 5.